The fraction of sp³-hybridized carbons (Fsp3) is 0.316. The SMILES string of the molecule is Oc1c(/C=N/c2ccccc2)cc2c3c1CCCN3CCC2. The van der Waals surface area contributed by atoms with Crippen molar-refractivity contribution in [2.45, 2.75) is 25.7 Å². The molecule has 0 atom stereocenters. The van der Waals surface area contributed by atoms with Crippen molar-refractivity contribution in [2.75, 3.05) is 18.0 Å². The summed E-state index contributed by atoms with van der Waals surface area (Å²) in [6.07, 6.45) is 6.20. The number of benzene rings is 2. The molecule has 0 aliphatic carbocycles. The molecule has 3 nitrogen and oxygen atoms in total. The Morgan fingerprint density at radius 2 is 1.82 bits per heavy atom. The zero-order chi connectivity index (χ0) is 14.9. The lowest BCUT2D eigenvalue weighted by Crippen LogP contribution is -2.34. The summed E-state index contributed by atoms with van der Waals surface area (Å²) in [7, 11) is 0. The van der Waals surface area contributed by atoms with Crippen LogP contribution in [0.15, 0.2) is 41.4 Å². The molecular weight excluding hydrogens is 272 g/mol. The average Bonchev–Trinajstić information content (AvgIpc) is 2.58. The minimum Gasteiger partial charge on any atom is -0.507 e. The van der Waals surface area contributed by atoms with Gasteiger partial charge in [-0.2, -0.15) is 0 Å². The Morgan fingerprint density at radius 3 is 2.64 bits per heavy atom. The number of rotatable bonds is 2. The van der Waals surface area contributed by atoms with Gasteiger partial charge >= 0.3 is 0 Å². The van der Waals surface area contributed by atoms with Crippen LogP contribution in [0.5, 0.6) is 5.75 Å². The summed E-state index contributed by atoms with van der Waals surface area (Å²) in [5.41, 5.74) is 5.55. The second-order valence-corrected chi connectivity index (χ2v) is 6.09. The molecule has 0 saturated heterocycles. The number of aryl methyl sites for hydroxylation is 1. The molecule has 2 aliphatic heterocycles. The van der Waals surface area contributed by atoms with E-state index < -0.39 is 0 Å². The molecule has 0 radical (unpaired) electrons. The van der Waals surface area contributed by atoms with Gasteiger partial charge in [-0.15, -0.1) is 0 Å². The van der Waals surface area contributed by atoms with Gasteiger partial charge in [0.15, 0.2) is 0 Å². The van der Waals surface area contributed by atoms with E-state index in [-0.39, 0.29) is 0 Å². The Kier molecular flexibility index (Phi) is 3.34. The van der Waals surface area contributed by atoms with Gasteiger partial charge < -0.3 is 10.0 Å². The van der Waals surface area contributed by atoms with Crippen LogP contribution in [-0.2, 0) is 12.8 Å². The molecule has 0 spiro atoms. The van der Waals surface area contributed by atoms with Gasteiger partial charge in [0.25, 0.3) is 0 Å². The number of hydrogen-bond acceptors (Lipinski definition) is 3. The summed E-state index contributed by atoms with van der Waals surface area (Å²) >= 11 is 0. The van der Waals surface area contributed by atoms with Crippen LogP contribution in [-0.4, -0.2) is 24.4 Å². The van der Waals surface area contributed by atoms with E-state index in [1.807, 2.05) is 30.3 Å². The molecular formula is C19H20N2O. The van der Waals surface area contributed by atoms with Crippen LogP contribution in [0.3, 0.4) is 0 Å². The van der Waals surface area contributed by atoms with Crippen molar-refractivity contribution in [3.8, 4) is 5.75 Å². The highest BCUT2D eigenvalue weighted by molar-refractivity contribution is 5.89. The average molecular weight is 292 g/mol. The van der Waals surface area contributed by atoms with Crippen LogP contribution in [0.4, 0.5) is 11.4 Å². The highest BCUT2D eigenvalue weighted by Gasteiger charge is 2.27. The lowest BCUT2D eigenvalue weighted by Gasteiger charge is -2.37. The summed E-state index contributed by atoms with van der Waals surface area (Å²) in [5.74, 6) is 0.421. The first-order valence-corrected chi connectivity index (χ1v) is 8.05. The second kappa shape index (κ2) is 5.48. The third-order valence-corrected chi connectivity index (χ3v) is 4.63. The van der Waals surface area contributed by atoms with Gasteiger partial charge in [0, 0.05) is 36.1 Å². The maximum Gasteiger partial charge on any atom is 0.129 e. The van der Waals surface area contributed by atoms with E-state index in [0.717, 1.165) is 49.2 Å². The lowest BCUT2D eigenvalue weighted by molar-refractivity contribution is 0.461. The van der Waals surface area contributed by atoms with Crippen molar-refractivity contribution in [3.05, 3.63) is 53.1 Å². The first-order chi connectivity index (χ1) is 10.8. The molecule has 2 aromatic rings. The minimum absolute atomic E-state index is 0.421. The summed E-state index contributed by atoms with van der Waals surface area (Å²) in [6.45, 7) is 2.24. The number of aliphatic imine (C=N–C) groups is 1. The van der Waals surface area contributed by atoms with Gasteiger partial charge in [0.05, 0.1) is 5.69 Å². The topological polar surface area (TPSA) is 35.8 Å². The molecule has 3 heteroatoms. The second-order valence-electron chi connectivity index (χ2n) is 6.09. The molecule has 1 N–H and O–H groups in total. The predicted molar refractivity (Wildman–Crippen MR) is 90.7 cm³/mol. The number of aromatic hydroxyl groups is 1. The molecule has 2 aliphatic rings. The van der Waals surface area contributed by atoms with Crippen LogP contribution in [0.2, 0.25) is 0 Å². The summed E-state index contributed by atoms with van der Waals surface area (Å²) in [5, 5.41) is 10.7. The first-order valence-electron chi connectivity index (χ1n) is 8.05. The maximum absolute atomic E-state index is 10.7. The zero-order valence-corrected chi connectivity index (χ0v) is 12.6. The lowest BCUT2D eigenvalue weighted by atomic mass is 9.89. The van der Waals surface area contributed by atoms with Gasteiger partial charge in [0.2, 0.25) is 0 Å². The van der Waals surface area contributed by atoms with Crippen LogP contribution in [0.25, 0.3) is 0 Å². The number of para-hydroxylation sites is 1. The van der Waals surface area contributed by atoms with Crippen molar-refractivity contribution in [1.29, 1.82) is 0 Å². The van der Waals surface area contributed by atoms with Crippen molar-refractivity contribution < 1.29 is 5.11 Å². The van der Waals surface area contributed by atoms with Gasteiger partial charge in [-0.25, -0.2) is 0 Å². The number of phenolic OH excluding ortho intramolecular Hbond substituents is 1. The van der Waals surface area contributed by atoms with E-state index in [9.17, 15) is 5.11 Å². The maximum atomic E-state index is 10.7. The zero-order valence-electron chi connectivity index (χ0n) is 12.6. The van der Waals surface area contributed by atoms with E-state index in [1.54, 1.807) is 6.21 Å². The smallest absolute Gasteiger partial charge is 0.129 e. The largest absolute Gasteiger partial charge is 0.507 e. The Bertz CT molecular complexity index is 720. The molecule has 4 rings (SSSR count). The highest BCUT2D eigenvalue weighted by Crippen LogP contribution is 2.41. The molecule has 2 aromatic carbocycles. The fourth-order valence-electron chi connectivity index (χ4n) is 3.62. The Morgan fingerprint density at radius 1 is 1.05 bits per heavy atom. The quantitative estimate of drug-likeness (QED) is 0.854. The van der Waals surface area contributed by atoms with Crippen LogP contribution >= 0.6 is 0 Å². The number of hydrogen-bond donors (Lipinski definition) is 1. The molecule has 22 heavy (non-hydrogen) atoms. The summed E-state index contributed by atoms with van der Waals surface area (Å²) in [6, 6.07) is 12.0. The van der Waals surface area contributed by atoms with Crippen molar-refractivity contribution in [2.24, 2.45) is 4.99 Å². The third kappa shape index (κ3) is 2.27. The Hall–Kier alpha value is -2.29. The van der Waals surface area contributed by atoms with E-state index in [2.05, 4.69) is 16.0 Å². The fourth-order valence-corrected chi connectivity index (χ4v) is 3.62. The van der Waals surface area contributed by atoms with Crippen molar-refractivity contribution in [3.63, 3.8) is 0 Å². The van der Waals surface area contributed by atoms with Gasteiger partial charge in [0.1, 0.15) is 5.75 Å². The molecule has 0 aromatic heterocycles. The normalized spacial score (nSPS) is 16.8. The minimum atomic E-state index is 0.421. The Balaban J connectivity index is 1.76. The molecule has 0 saturated carbocycles. The number of nitrogens with zero attached hydrogens (tertiary/aromatic N) is 2. The van der Waals surface area contributed by atoms with E-state index in [0.29, 0.717) is 5.75 Å². The summed E-state index contributed by atoms with van der Waals surface area (Å²) < 4.78 is 0. The van der Waals surface area contributed by atoms with Gasteiger partial charge in [-0.1, -0.05) is 18.2 Å². The van der Waals surface area contributed by atoms with E-state index >= 15 is 0 Å². The molecule has 112 valence electrons. The van der Waals surface area contributed by atoms with E-state index in [4.69, 9.17) is 0 Å². The first kappa shape index (κ1) is 13.4. The van der Waals surface area contributed by atoms with Gasteiger partial charge in [-0.3, -0.25) is 4.99 Å². The highest BCUT2D eigenvalue weighted by atomic mass is 16.3. The predicted octanol–water partition coefficient (Wildman–Crippen LogP) is 3.84. The van der Waals surface area contributed by atoms with Crippen LogP contribution < -0.4 is 4.90 Å². The number of anilines is 1. The molecule has 0 unspecified atom stereocenters. The standard InChI is InChI=1S/C19H20N2O/c22-19-15(13-20-16-7-2-1-3-8-16)12-14-6-4-10-21-11-5-9-17(19)18(14)21/h1-3,7-8,12-13,22H,4-6,9-11H2/b20-13+. The van der Waals surface area contributed by atoms with Gasteiger partial charge in [-0.05, 0) is 49.4 Å². The van der Waals surface area contributed by atoms with Crippen LogP contribution in [0, 0.1) is 0 Å². The van der Waals surface area contributed by atoms with E-state index in [1.165, 1.54) is 17.7 Å². The molecule has 2 heterocycles. The monoisotopic (exact) mass is 292 g/mol. The molecule has 0 bridgehead atoms. The van der Waals surface area contributed by atoms with Crippen molar-refractivity contribution in [1.82, 2.24) is 0 Å². The Labute approximate surface area is 130 Å². The molecule has 0 amide bonds. The van der Waals surface area contributed by atoms with Crippen molar-refractivity contribution >= 4 is 17.6 Å². The molecule has 0 fully saturated rings. The number of phenols is 1. The van der Waals surface area contributed by atoms with Crippen LogP contribution in [0.1, 0.15) is 29.5 Å². The summed E-state index contributed by atoms with van der Waals surface area (Å²) in [4.78, 5) is 6.94. The third-order valence-electron chi connectivity index (χ3n) is 4.63.